The van der Waals surface area contributed by atoms with E-state index in [0.717, 1.165) is 36.1 Å². The number of aromatic nitrogens is 2. The van der Waals surface area contributed by atoms with Crippen molar-refractivity contribution in [3.05, 3.63) is 71.8 Å². The zero-order valence-corrected chi connectivity index (χ0v) is 14.5. The summed E-state index contributed by atoms with van der Waals surface area (Å²) in [7, 11) is 0. The molecule has 0 N–H and O–H groups in total. The van der Waals surface area contributed by atoms with Gasteiger partial charge in [0.05, 0.1) is 0 Å². The van der Waals surface area contributed by atoms with E-state index in [1.54, 1.807) is 24.3 Å². The SMILES string of the molecule is CCCCCc1cnc(-c2ccc(-c3cc(F)c(F)c(F)c3)cc2)nc1. The molecule has 0 atom stereocenters. The maximum atomic E-state index is 13.4. The summed E-state index contributed by atoms with van der Waals surface area (Å²) in [6, 6.07) is 8.94. The van der Waals surface area contributed by atoms with Crippen molar-refractivity contribution in [3.63, 3.8) is 0 Å². The number of rotatable bonds is 6. The van der Waals surface area contributed by atoms with Crippen molar-refractivity contribution < 1.29 is 13.2 Å². The lowest BCUT2D eigenvalue weighted by Crippen LogP contribution is -1.94. The number of benzene rings is 2. The number of aryl methyl sites for hydroxylation is 1. The number of hydrogen-bond donors (Lipinski definition) is 0. The summed E-state index contributed by atoms with van der Waals surface area (Å²) in [4.78, 5) is 8.78. The third-order valence-electron chi connectivity index (χ3n) is 4.23. The van der Waals surface area contributed by atoms with E-state index in [9.17, 15) is 13.2 Å². The first-order chi connectivity index (χ1) is 12.6. The first kappa shape index (κ1) is 18.1. The molecule has 0 aliphatic rings. The van der Waals surface area contributed by atoms with Gasteiger partial charge in [-0.25, -0.2) is 23.1 Å². The van der Waals surface area contributed by atoms with Gasteiger partial charge in [0.1, 0.15) is 0 Å². The Morgan fingerprint density at radius 3 is 1.92 bits per heavy atom. The molecule has 0 amide bonds. The number of unbranched alkanes of at least 4 members (excludes halogenated alkanes) is 2. The fourth-order valence-corrected chi connectivity index (χ4v) is 2.75. The van der Waals surface area contributed by atoms with Crippen molar-refractivity contribution in [3.8, 4) is 22.5 Å². The Balaban J connectivity index is 1.77. The molecule has 0 spiro atoms. The van der Waals surface area contributed by atoms with Crippen LogP contribution in [0.15, 0.2) is 48.8 Å². The van der Waals surface area contributed by atoms with Gasteiger partial charge in [-0.3, -0.25) is 0 Å². The van der Waals surface area contributed by atoms with E-state index in [4.69, 9.17) is 0 Å². The lowest BCUT2D eigenvalue weighted by atomic mass is 10.0. The van der Waals surface area contributed by atoms with Gasteiger partial charge in [0.15, 0.2) is 23.3 Å². The third-order valence-corrected chi connectivity index (χ3v) is 4.23. The van der Waals surface area contributed by atoms with Gasteiger partial charge < -0.3 is 0 Å². The maximum Gasteiger partial charge on any atom is 0.194 e. The molecule has 2 nitrogen and oxygen atoms in total. The largest absolute Gasteiger partial charge is 0.236 e. The molecule has 3 aromatic rings. The molecule has 0 bridgehead atoms. The van der Waals surface area contributed by atoms with Crippen LogP contribution in [0.4, 0.5) is 13.2 Å². The molecule has 0 saturated heterocycles. The summed E-state index contributed by atoms with van der Waals surface area (Å²) >= 11 is 0. The van der Waals surface area contributed by atoms with Gasteiger partial charge in [-0.15, -0.1) is 0 Å². The molecule has 0 unspecified atom stereocenters. The standard InChI is InChI=1S/C21H19F3N2/c1-2-3-4-5-14-12-25-21(26-13-14)16-8-6-15(7-9-16)17-10-18(22)20(24)19(23)11-17/h6-13H,2-5H2,1H3. The predicted octanol–water partition coefficient (Wildman–Crippen LogP) is 5.96. The maximum absolute atomic E-state index is 13.4. The Hall–Kier alpha value is -2.69. The van der Waals surface area contributed by atoms with Crippen molar-refractivity contribution in [2.45, 2.75) is 32.6 Å². The zero-order valence-electron chi connectivity index (χ0n) is 14.5. The molecule has 0 saturated carbocycles. The molecular weight excluding hydrogens is 337 g/mol. The summed E-state index contributed by atoms with van der Waals surface area (Å²) in [5, 5.41) is 0. The van der Waals surface area contributed by atoms with Crippen LogP contribution in [0.3, 0.4) is 0 Å². The molecule has 3 rings (SSSR count). The first-order valence-electron chi connectivity index (χ1n) is 8.64. The minimum atomic E-state index is -1.46. The van der Waals surface area contributed by atoms with Crippen LogP contribution in [0, 0.1) is 17.5 Å². The van der Waals surface area contributed by atoms with E-state index in [2.05, 4.69) is 16.9 Å². The Kier molecular flexibility index (Phi) is 5.66. The molecule has 0 aliphatic heterocycles. The monoisotopic (exact) mass is 356 g/mol. The van der Waals surface area contributed by atoms with Crippen molar-refractivity contribution in [2.75, 3.05) is 0 Å². The van der Waals surface area contributed by atoms with Gasteiger partial charge in [-0.2, -0.15) is 0 Å². The molecule has 26 heavy (non-hydrogen) atoms. The highest BCUT2D eigenvalue weighted by atomic mass is 19.2. The minimum Gasteiger partial charge on any atom is -0.236 e. The van der Waals surface area contributed by atoms with E-state index in [1.165, 1.54) is 12.8 Å². The second-order valence-electron chi connectivity index (χ2n) is 6.20. The molecule has 5 heteroatoms. The van der Waals surface area contributed by atoms with Gasteiger partial charge in [0.25, 0.3) is 0 Å². The first-order valence-corrected chi connectivity index (χ1v) is 8.64. The van der Waals surface area contributed by atoms with Gasteiger partial charge in [-0.05, 0) is 41.7 Å². The summed E-state index contributed by atoms with van der Waals surface area (Å²) in [5.41, 5.74) is 2.77. The van der Waals surface area contributed by atoms with E-state index in [-0.39, 0.29) is 5.56 Å². The quantitative estimate of drug-likeness (QED) is 0.402. The Morgan fingerprint density at radius 1 is 0.769 bits per heavy atom. The van der Waals surface area contributed by atoms with Crippen LogP contribution in [0.5, 0.6) is 0 Å². The lowest BCUT2D eigenvalue weighted by molar-refractivity contribution is 0.448. The van der Waals surface area contributed by atoms with E-state index >= 15 is 0 Å². The Morgan fingerprint density at radius 2 is 1.35 bits per heavy atom. The van der Waals surface area contributed by atoms with Crippen molar-refractivity contribution in [2.24, 2.45) is 0 Å². The molecule has 1 heterocycles. The molecule has 0 radical (unpaired) electrons. The van der Waals surface area contributed by atoms with Gasteiger partial charge >= 0.3 is 0 Å². The smallest absolute Gasteiger partial charge is 0.194 e. The lowest BCUT2D eigenvalue weighted by Gasteiger charge is -2.06. The van der Waals surface area contributed by atoms with Crippen LogP contribution in [0.25, 0.3) is 22.5 Å². The van der Waals surface area contributed by atoms with Crippen LogP contribution < -0.4 is 0 Å². The summed E-state index contributed by atoms with van der Waals surface area (Å²) in [6.45, 7) is 2.16. The van der Waals surface area contributed by atoms with Gasteiger partial charge in [-0.1, -0.05) is 44.0 Å². The number of halogens is 3. The highest BCUT2D eigenvalue weighted by Gasteiger charge is 2.12. The van der Waals surface area contributed by atoms with Crippen LogP contribution in [-0.4, -0.2) is 9.97 Å². The summed E-state index contributed by atoms with van der Waals surface area (Å²) in [5.74, 6) is -3.28. The normalized spacial score (nSPS) is 10.9. The Labute approximate surface area is 150 Å². The molecule has 134 valence electrons. The molecule has 0 aliphatic carbocycles. The second-order valence-corrected chi connectivity index (χ2v) is 6.20. The molecule has 0 fully saturated rings. The second kappa shape index (κ2) is 8.13. The van der Waals surface area contributed by atoms with E-state index in [1.807, 2.05) is 12.4 Å². The molecule has 2 aromatic carbocycles. The molecule has 1 aromatic heterocycles. The highest BCUT2D eigenvalue weighted by Crippen LogP contribution is 2.26. The van der Waals surface area contributed by atoms with Crippen molar-refractivity contribution in [1.82, 2.24) is 9.97 Å². The fraction of sp³-hybridized carbons (Fsp3) is 0.238. The zero-order chi connectivity index (χ0) is 18.5. The fourth-order valence-electron chi connectivity index (χ4n) is 2.75. The van der Waals surface area contributed by atoms with Crippen LogP contribution in [-0.2, 0) is 6.42 Å². The summed E-state index contributed by atoms with van der Waals surface area (Å²) < 4.78 is 39.8. The van der Waals surface area contributed by atoms with Crippen molar-refractivity contribution >= 4 is 0 Å². The number of hydrogen-bond acceptors (Lipinski definition) is 2. The minimum absolute atomic E-state index is 0.278. The topological polar surface area (TPSA) is 25.8 Å². The van der Waals surface area contributed by atoms with E-state index < -0.39 is 17.5 Å². The summed E-state index contributed by atoms with van der Waals surface area (Å²) in [6.07, 6.45) is 8.11. The van der Waals surface area contributed by atoms with Crippen molar-refractivity contribution in [1.29, 1.82) is 0 Å². The van der Waals surface area contributed by atoms with Crippen LogP contribution in [0.2, 0.25) is 0 Å². The van der Waals surface area contributed by atoms with E-state index in [0.29, 0.717) is 11.4 Å². The highest BCUT2D eigenvalue weighted by molar-refractivity contribution is 5.67. The van der Waals surface area contributed by atoms with Gasteiger partial charge in [0.2, 0.25) is 0 Å². The predicted molar refractivity (Wildman–Crippen MR) is 96.0 cm³/mol. The Bertz CT molecular complexity index is 852. The number of nitrogens with zero attached hydrogens (tertiary/aromatic N) is 2. The van der Waals surface area contributed by atoms with Crippen LogP contribution in [0.1, 0.15) is 31.7 Å². The average molecular weight is 356 g/mol. The van der Waals surface area contributed by atoms with Crippen LogP contribution >= 0.6 is 0 Å². The molecular formula is C21H19F3N2. The third kappa shape index (κ3) is 4.10. The average Bonchev–Trinajstić information content (AvgIpc) is 2.67. The van der Waals surface area contributed by atoms with Gasteiger partial charge in [0, 0.05) is 18.0 Å².